The standard InChI is InChI=1S/C17H14F2N2O2S/c18-17(19)24-15-9-5-4-8-12(15)20-16(22)14-10-13(21-23-14)11-6-2-1-3-7-11/h1-9,14,17H,10H2,(H,20,22)/t14-/m0/s1. The van der Waals surface area contributed by atoms with Gasteiger partial charge in [-0.25, -0.2) is 0 Å². The first-order valence-electron chi connectivity index (χ1n) is 7.26. The molecule has 3 rings (SSSR count). The third kappa shape index (κ3) is 3.91. The summed E-state index contributed by atoms with van der Waals surface area (Å²) in [4.78, 5) is 17.8. The van der Waals surface area contributed by atoms with Gasteiger partial charge in [-0.2, -0.15) is 8.78 Å². The molecule has 7 heteroatoms. The van der Waals surface area contributed by atoms with Gasteiger partial charge in [0.2, 0.25) is 6.10 Å². The first-order chi connectivity index (χ1) is 11.6. The van der Waals surface area contributed by atoms with E-state index in [4.69, 9.17) is 4.84 Å². The second kappa shape index (κ2) is 7.44. The van der Waals surface area contributed by atoms with Crippen LogP contribution in [0.2, 0.25) is 0 Å². The highest BCUT2D eigenvalue weighted by Gasteiger charge is 2.29. The molecule has 0 aromatic heterocycles. The van der Waals surface area contributed by atoms with Gasteiger partial charge in [0, 0.05) is 11.3 Å². The minimum Gasteiger partial charge on any atom is -0.382 e. The van der Waals surface area contributed by atoms with E-state index in [1.54, 1.807) is 18.2 Å². The summed E-state index contributed by atoms with van der Waals surface area (Å²) in [6.07, 6.45) is -0.440. The Bertz CT molecular complexity index is 753. The molecule has 0 radical (unpaired) electrons. The Labute approximate surface area is 141 Å². The topological polar surface area (TPSA) is 50.7 Å². The molecule has 1 N–H and O–H groups in total. The fraction of sp³-hybridized carbons (Fsp3) is 0.176. The number of halogens is 2. The molecular weight excluding hydrogens is 334 g/mol. The molecule has 2 aromatic rings. The zero-order chi connectivity index (χ0) is 16.9. The maximum absolute atomic E-state index is 12.6. The lowest BCUT2D eigenvalue weighted by Crippen LogP contribution is -2.28. The highest BCUT2D eigenvalue weighted by atomic mass is 32.2. The Morgan fingerprint density at radius 2 is 1.88 bits per heavy atom. The zero-order valence-corrected chi connectivity index (χ0v) is 13.3. The van der Waals surface area contributed by atoms with Crippen molar-refractivity contribution in [3.05, 3.63) is 60.2 Å². The summed E-state index contributed by atoms with van der Waals surface area (Å²) in [6, 6.07) is 15.8. The Kier molecular flexibility index (Phi) is 5.10. The minimum absolute atomic E-state index is 0.308. The van der Waals surface area contributed by atoms with E-state index in [1.165, 1.54) is 6.07 Å². The third-order valence-corrected chi connectivity index (χ3v) is 4.22. The Morgan fingerprint density at radius 1 is 1.17 bits per heavy atom. The lowest BCUT2D eigenvalue weighted by atomic mass is 10.0. The number of amides is 1. The van der Waals surface area contributed by atoms with E-state index in [1.807, 2.05) is 30.3 Å². The Hall–Kier alpha value is -2.41. The number of hydrogen-bond acceptors (Lipinski definition) is 4. The van der Waals surface area contributed by atoms with Crippen LogP contribution in [0.4, 0.5) is 14.5 Å². The van der Waals surface area contributed by atoms with E-state index < -0.39 is 17.8 Å². The Morgan fingerprint density at radius 3 is 2.62 bits per heavy atom. The Balaban J connectivity index is 1.65. The van der Waals surface area contributed by atoms with E-state index >= 15 is 0 Å². The first-order valence-corrected chi connectivity index (χ1v) is 8.14. The second-order valence-corrected chi connectivity index (χ2v) is 6.10. The summed E-state index contributed by atoms with van der Waals surface area (Å²) in [5, 5.41) is 6.59. The molecule has 1 atom stereocenters. The van der Waals surface area contributed by atoms with E-state index in [0.29, 0.717) is 34.5 Å². The van der Waals surface area contributed by atoms with Crippen LogP contribution in [0.1, 0.15) is 12.0 Å². The number of nitrogens with zero attached hydrogens (tertiary/aromatic N) is 1. The summed E-state index contributed by atoms with van der Waals surface area (Å²) < 4.78 is 25.2. The van der Waals surface area contributed by atoms with E-state index in [-0.39, 0.29) is 0 Å². The molecule has 2 aromatic carbocycles. The summed E-state index contributed by atoms with van der Waals surface area (Å²) in [7, 11) is 0. The molecular formula is C17H14F2N2O2S. The minimum atomic E-state index is -2.56. The van der Waals surface area contributed by atoms with Crippen molar-refractivity contribution in [1.82, 2.24) is 0 Å². The number of hydrogen-bond donors (Lipinski definition) is 1. The van der Waals surface area contributed by atoms with Gasteiger partial charge >= 0.3 is 0 Å². The van der Waals surface area contributed by atoms with Gasteiger partial charge in [0.1, 0.15) is 0 Å². The van der Waals surface area contributed by atoms with Crippen molar-refractivity contribution in [3.63, 3.8) is 0 Å². The van der Waals surface area contributed by atoms with Crippen molar-refractivity contribution in [2.24, 2.45) is 5.16 Å². The summed E-state index contributed by atoms with van der Waals surface area (Å²) >= 11 is 0.389. The number of nitrogens with one attached hydrogen (secondary N) is 1. The van der Waals surface area contributed by atoms with Crippen LogP contribution in [0.25, 0.3) is 0 Å². The highest BCUT2D eigenvalue weighted by Crippen LogP contribution is 2.32. The number of thioether (sulfide) groups is 1. The van der Waals surface area contributed by atoms with Crippen LogP contribution in [-0.4, -0.2) is 23.5 Å². The van der Waals surface area contributed by atoms with Gasteiger partial charge in [-0.15, -0.1) is 0 Å². The van der Waals surface area contributed by atoms with Crippen molar-refractivity contribution in [3.8, 4) is 0 Å². The molecule has 4 nitrogen and oxygen atoms in total. The molecule has 0 saturated heterocycles. The highest BCUT2D eigenvalue weighted by molar-refractivity contribution is 7.99. The molecule has 0 aliphatic carbocycles. The number of rotatable bonds is 5. The second-order valence-electron chi connectivity index (χ2n) is 5.07. The number of anilines is 1. The first kappa shape index (κ1) is 16.4. The van der Waals surface area contributed by atoms with Crippen molar-refractivity contribution in [2.45, 2.75) is 23.2 Å². The molecule has 124 valence electrons. The number of benzene rings is 2. The van der Waals surface area contributed by atoms with Gasteiger partial charge in [-0.3, -0.25) is 4.79 Å². The lowest BCUT2D eigenvalue weighted by molar-refractivity contribution is -0.125. The van der Waals surface area contributed by atoms with E-state index in [9.17, 15) is 13.6 Å². The maximum atomic E-state index is 12.6. The molecule has 1 amide bonds. The SMILES string of the molecule is O=C(Nc1ccccc1SC(F)F)[C@@H]1CC(c2ccccc2)=NO1. The molecule has 0 saturated carbocycles. The smallest absolute Gasteiger partial charge is 0.288 e. The van der Waals surface area contributed by atoms with Crippen molar-refractivity contribution < 1.29 is 18.4 Å². The average molecular weight is 348 g/mol. The van der Waals surface area contributed by atoms with Gasteiger partial charge in [-0.05, 0) is 17.7 Å². The molecule has 0 bridgehead atoms. The van der Waals surface area contributed by atoms with Crippen molar-refractivity contribution in [2.75, 3.05) is 5.32 Å². The number of oxime groups is 1. The van der Waals surface area contributed by atoms with Crippen LogP contribution < -0.4 is 5.32 Å². The number of para-hydroxylation sites is 1. The fourth-order valence-corrected chi connectivity index (χ4v) is 2.90. The average Bonchev–Trinajstić information content (AvgIpc) is 3.07. The van der Waals surface area contributed by atoms with Crippen LogP contribution in [0, 0.1) is 0 Å². The zero-order valence-electron chi connectivity index (χ0n) is 12.5. The van der Waals surface area contributed by atoms with Gasteiger partial charge in [0.25, 0.3) is 11.7 Å². The molecule has 1 heterocycles. The number of carbonyl (C=O) groups excluding carboxylic acids is 1. The quantitative estimate of drug-likeness (QED) is 0.827. The van der Waals surface area contributed by atoms with Crippen molar-refractivity contribution in [1.29, 1.82) is 0 Å². The summed E-state index contributed by atoms with van der Waals surface area (Å²) in [5.74, 6) is -2.97. The van der Waals surface area contributed by atoms with Gasteiger partial charge in [0.15, 0.2) is 0 Å². The fourth-order valence-electron chi connectivity index (χ4n) is 2.30. The van der Waals surface area contributed by atoms with Crippen LogP contribution in [0.15, 0.2) is 64.6 Å². The molecule has 1 aliphatic rings. The number of carbonyl (C=O) groups is 1. The van der Waals surface area contributed by atoms with E-state index in [0.717, 1.165) is 5.56 Å². The third-order valence-electron chi connectivity index (χ3n) is 3.43. The largest absolute Gasteiger partial charge is 0.382 e. The molecule has 0 unspecified atom stereocenters. The summed E-state index contributed by atoms with van der Waals surface area (Å²) in [5.41, 5.74) is 1.91. The molecule has 1 aliphatic heterocycles. The predicted molar refractivity (Wildman–Crippen MR) is 89.4 cm³/mol. The van der Waals surface area contributed by atoms with Crippen LogP contribution in [-0.2, 0) is 9.63 Å². The summed E-state index contributed by atoms with van der Waals surface area (Å²) in [6.45, 7) is 0. The maximum Gasteiger partial charge on any atom is 0.288 e. The number of alkyl halides is 2. The molecule has 0 spiro atoms. The molecule has 24 heavy (non-hydrogen) atoms. The van der Waals surface area contributed by atoms with E-state index in [2.05, 4.69) is 10.5 Å². The monoisotopic (exact) mass is 348 g/mol. The van der Waals surface area contributed by atoms with Gasteiger partial charge < -0.3 is 10.2 Å². The predicted octanol–water partition coefficient (Wildman–Crippen LogP) is 4.13. The molecule has 0 fully saturated rings. The van der Waals surface area contributed by atoms with Crippen molar-refractivity contribution >= 4 is 29.1 Å². The lowest BCUT2D eigenvalue weighted by Gasteiger charge is -2.12. The van der Waals surface area contributed by atoms with Crippen LogP contribution in [0.3, 0.4) is 0 Å². The normalized spacial score (nSPS) is 16.6. The van der Waals surface area contributed by atoms with Gasteiger partial charge in [0.05, 0.1) is 11.4 Å². The van der Waals surface area contributed by atoms with Crippen LogP contribution >= 0.6 is 11.8 Å². The van der Waals surface area contributed by atoms with Gasteiger partial charge in [-0.1, -0.05) is 59.4 Å². The van der Waals surface area contributed by atoms with Crippen LogP contribution in [0.5, 0.6) is 0 Å².